The summed E-state index contributed by atoms with van der Waals surface area (Å²) in [6.07, 6.45) is 2.17. The second-order valence-electron chi connectivity index (χ2n) is 5.24. The largest absolute Gasteiger partial charge is 0.381 e. The Morgan fingerprint density at radius 3 is 2.90 bits per heavy atom. The lowest BCUT2D eigenvalue weighted by Gasteiger charge is -2.24. The number of fused-ring (bicyclic) bond motifs is 1. The number of benzene rings is 1. The van der Waals surface area contributed by atoms with Gasteiger partial charge in [-0.1, -0.05) is 12.1 Å². The maximum atomic E-state index is 5.43. The summed E-state index contributed by atoms with van der Waals surface area (Å²) in [5, 5.41) is 9.32. The van der Waals surface area contributed by atoms with Crippen LogP contribution in [0.1, 0.15) is 12.8 Å². The molecule has 3 nitrogen and oxygen atoms in total. The van der Waals surface area contributed by atoms with Crippen LogP contribution in [0.15, 0.2) is 34.5 Å². The lowest BCUT2D eigenvalue weighted by Crippen LogP contribution is -2.27. The van der Waals surface area contributed by atoms with Gasteiger partial charge in [0.05, 0.1) is 21.6 Å². The van der Waals surface area contributed by atoms with Crippen LogP contribution in [0.25, 0.3) is 21.3 Å². The van der Waals surface area contributed by atoms with Crippen LogP contribution < -0.4 is 5.32 Å². The molecule has 3 aromatic rings. The minimum absolute atomic E-state index is 0.522. The molecule has 1 aliphatic rings. The number of nitrogens with zero attached hydrogens (tertiary/aromatic N) is 1. The molecule has 1 fully saturated rings. The predicted molar refractivity (Wildman–Crippen MR) is 90.4 cm³/mol. The third-order valence-electron chi connectivity index (χ3n) is 3.89. The first kappa shape index (κ1) is 13.2. The molecule has 0 saturated carbocycles. The van der Waals surface area contributed by atoms with Crippen molar-refractivity contribution in [1.29, 1.82) is 0 Å². The molecule has 1 saturated heterocycles. The normalized spacial score (nSPS) is 16.4. The van der Waals surface area contributed by atoms with Gasteiger partial charge in [0.25, 0.3) is 0 Å². The van der Waals surface area contributed by atoms with Crippen molar-refractivity contribution in [2.75, 3.05) is 18.5 Å². The average molecular weight is 316 g/mol. The van der Waals surface area contributed by atoms with Gasteiger partial charge < -0.3 is 10.1 Å². The maximum Gasteiger partial charge on any atom is 0.0825 e. The Morgan fingerprint density at radius 1 is 1.19 bits per heavy atom. The summed E-state index contributed by atoms with van der Waals surface area (Å²) in [5.74, 6) is 0. The molecule has 1 aromatic carbocycles. The number of aromatic nitrogens is 1. The van der Waals surface area contributed by atoms with Gasteiger partial charge in [0.15, 0.2) is 0 Å². The van der Waals surface area contributed by atoms with E-state index in [0.29, 0.717) is 6.04 Å². The highest BCUT2D eigenvalue weighted by Crippen LogP contribution is 2.38. The number of nitrogens with one attached hydrogen (secondary N) is 1. The number of ether oxygens (including phenoxy) is 1. The fourth-order valence-corrected chi connectivity index (χ4v) is 4.37. The SMILES string of the molecule is c1cc(NC2CCOCC2)c2scc(-c3cscn3)c2c1. The second-order valence-corrected chi connectivity index (χ2v) is 6.83. The molecule has 0 radical (unpaired) electrons. The Balaban J connectivity index is 1.70. The molecule has 0 bridgehead atoms. The summed E-state index contributed by atoms with van der Waals surface area (Å²) >= 11 is 3.44. The summed E-state index contributed by atoms with van der Waals surface area (Å²) in [6, 6.07) is 7.02. The fourth-order valence-electron chi connectivity index (χ4n) is 2.78. The van der Waals surface area contributed by atoms with Gasteiger partial charge in [-0.15, -0.1) is 22.7 Å². The second kappa shape index (κ2) is 5.75. The Kier molecular flexibility index (Phi) is 3.63. The predicted octanol–water partition coefficient (Wildman–Crippen LogP) is 4.62. The molecule has 5 heteroatoms. The zero-order valence-electron chi connectivity index (χ0n) is 11.5. The third-order valence-corrected chi connectivity index (χ3v) is 5.50. The lowest BCUT2D eigenvalue weighted by molar-refractivity contribution is 0.0905. The van der Waals surface area contributed by atoms with E-state index in [1.165, 1.54) is 21.3 Å². The summed E-state index contributed by atoms with van der Waals surface area (Å²) < 4.78 is 6.76. The van der Waals surface area contributed by atoms with E-state index in [1.807, 2.05) is 5.51 Å². The van der Waals surface area contributed by atoms with Gasteiger partial charge in [-0.3, -0.25) is 0 Å². The zero-order valence-corrected chi connectivity index (χ0v) is 13.2. The van der Waals surface area contributed by atoms with Crippen molar-refractivity contribution in [3.63, 3.8) is 0 Å². The van der Waals surface area contributed by atoms with Crippen LogP contribution in [0.5, 0.6) is 0 Å². The molecule has 4 rings (SSSR count). The van der Waals surface area contributed by atoms with E-state index < -0.39 is 0 Å². The number of hydrogen-bond acceptors (Lipinski definition) is 5. The highest BCUT2D eigenvalue weighted by Gasteiger charge is 2.16. The number of thiophene rings is 1. The third kappa shape index (κ3) is 2.57. The van der Waals surface area contributed by atoms with Gasteiger partial charge in [-0.25, -0.2) is 4.98 Å². The molecular weight excluding hydrogens is 300 g/mol. The van der Waals surface area contributed by atoms with Crippen molar-refractivity contribution < 1.29 is 4.74 Å². The Morgan fingerprint density at radius 2 is 2.10 bits per heavy atom. The Bertz CT molecular complexity index is 730. The molecular formula is C16H16N2OS2. The maximum absolute atomic E-state index is 5.43. The highest BCUT2D eigenvalue weighted by atomic mass is 32.1. The van der Waals surface area contributed by atoms with Crippen LogP contribution >= 0.6 is 22.7 Å². The van der Waals surface area contributed by atoms with Gasteiger partial charge in [-0.05, 0) is 18.9 Å². The summed E-state index contributed by atoms with van der Waals surface area (Å²) in [6.45, 7) is 1.73. The zero-order chi connectivity index (χ0) is 14.1. The topological polar surface area (TPSA) is 34.1 Å². The van der Waals surface area contributed by atoms with Crippen molar-refractivity contribution in [3.05, 3.63) is 34.5 Å². The Labute approximate surface area is 131 Å². The minimum Gasteiger partial charge on any atom is -0.381 e. The highest BCUT2D eigenvalue weighted by molar-refractivity contribution is 7.18. The summed E-state index contributed by atoms with van der Waals surface area (Å²) in [7, 11) is 0. The van der Waals surface area contributed by atoms with Gasteiger partial charge in [0, 0.05) is 41.0 Å². The van der Waals surface area contributed by atoms with E-state index >= 15 is 0 Å². The van der Waals surface area contributed by atoms with E-state index in [2.05, 4.69) is 39.3 Å². The van der Waals surface area contributed by atoms with Crippen molar-refractivity contribution >= 4 is 38.4 Å². The van der Waals surface area contributed by atoms with Gasteiger partial charge in [0.1, 0.15) is 0 Å². The van der Waals surface area contributed by atoms with Crippen LogP contribution in [0.3, 0.4) is 0 Å². The Hall–Kier alpha value is -1.43. The molecule has 108 valence electrons. The molecule has 2 aromatic heterocycles. The summed E-state index contributed by atoms with van der Waals surface area (Å²) in [5.41, 5.74) is 5.45. The van der Waals surface area contributed by atoms with E-state index in [9.17, 15) is 0 Å². The van der Waals surface area contributed by atoms with E-state index in [4.69, 9.17) is 4.74 Å². The van der Waals surface area contributed by atoms with Crippen LogP contribution in [0.2, 0.25) is 0 Å². The minimum atomic E-state index is 0.522. The van der Waals surface area contributed by atoms with E-state index in [0.717, 1.165) is 31.7 Å². The van der Waals surface area contributed by atoms with Crippen LogP contribution in [-0.2, 0) is 4.74 Å². The van der Waals surface area contributed by atoms with Crippen molar-refractivity contribution in [3.8, 4) is 11.3 Å². The number of hydrogen-bond donors (Lipinski definition) is 1. The van der Waals surface area contributed by atoms with Gasteiger partial charge in [0.2, 0.25) is 0 Å². The molecule has 0 unspecified atom stereocenters. The van der Waals surface area contributed by atoms with Crippen LogP contribution in [-0.4, -0.2) is 24.2 Å². The first-order valence-corrected chi connectivity index (χ1v) is 8.97. The van der Waals surface area contributed by atoms with Crippen molar-refractivity contribution in [1.82, 2.24) is 4.98 Å². The number of rotatable bonds is 3. The summed E-state index contributed by atoms with van der Waals surface area (Å²) in [4.78, 5) is 4.44. The van der Waals surface area contributed by atoms with Crippen molar-refractivity contribution in [2.45, 2.75) is 18.9 Å². The van der Waals surface area contributed by atoms with Crippen LogP contribution in [0.4, 0.5) is 5.69 Å². The standard InChI is InChI=1S/C16H16N2OS2/c1-2-12-13(15-9-20-10-17-15)8-21-16(12)14(3-1)18-11-4-6-19-7-5-11/h1-3,8-11,18H,4-7H2. The first-order chi connectivity index (χ1) is 10.4. The van der Waals surface area contributed by atoms with Crippen molar-refractivity contribution in [2.24, 2.45) is 0 Å². The molecule has 0 atom stereocenters. The quantitative estimate of drug-likeness (QED) is 0.766. The number of thiazole rings is 1. The molecule has 3 heterocycles. The molecule has 21 heavy (non-hydrogen) atoms. The fraction of sp³-hybridized carbons (Fsp3) is 0.312. The van der Waals surface area contributed by atoms with Crippen LogP contribution in [0, 0.1) is 0 Å². The molecule has 0 spiro atoms. The first-order valence-electron chi connectivity index (χ1n) is 7.15. The molecule has 0 aliphatic carbocycles. The van der Waals surface area contributed by atoms with Gasteiger partial charge in [-0.2, -0.15) is 0 Å². The lowest BCUT2D eigenvalue weighted by atomic mass is 10.1. The number of anilines is 1. The molecule has 0 amide bonds. The van der Waals surface area contributed by atoms with E-state index in [-0.39, 0.29) is 0 Å². The average Bonchev–Trinajstić information content (AvgIpc) is 3.17. The monoisotopic (exact) mass is 316 g/mol. The van der Waals surface area contributed by atoms with E-state index in [1.54, 1.807) is 22.7 Å². The molecule has 1 N–H and O–H groups in total. The smallest absolute Gasteiger partial charge is 0.0825 e. The van der Waals surface area contributed by atoms with Gasteiger partial charge >= 0.3 is 0 Å². The molecule has 1 aliphatic heterocycles.